The zero-order chi connectivity index (χ0) is 13.8. The van der Waals surface area contributed by atoms with Crippen LogP contribution < -0.4 is 10.5 Å². The van der Waals surface area contributed by atoms with Gasteiger partial charge in [0.2, 0.25) is 5.78 Å². The summed E-state index contributed by atoms with van der Waals surface area (Å²) in [6, 6.07) is 3.80. The Kier molecular flexibility index (Phi) is 3.91. The first-order valence-corrected chi connectivity index (χ1v) is 5.75. The molecule has 2 aromatic rings. The van der Waals surface area contributed by atoms with Crippen LogP contribution >= 0.6 is 0 Å². The number of nitrogens with two attached hydrogens (primary N) is 1. The maximum Gasteiger partial charge on any atom is 0.216 e. The minimum absolute atomic E-state index is 0.153. The molecule has 0 saturated carbocycles. The number of hydrogen-bond donors (Lipinski definition) is 1. The highest BCUT2D eigenvalue weighted by Crippen LogP contribution is 2.22. The topological polar surface area (TPSA) is 70.1 Å². The fraction of sp³-hybridized carbons (Fsp3) is 0.231. The number of methoxy groups -OCH3 is 1. The number of nitrogens with zero attached hydrogens (tertiary/aromatic N) is 2. The third-order valence-electron chi connectivity index (χ3n) is 2.66. The lowest BCUT2D eigenvalue weighted by Crippen LogP contribution is -2.08. The van der Waals surface area contributed by atoms with E-state index in [0.717, 1.165) is 6.07 Å². The molecule has 1 aromatic heterocycles. The molecule has 2 rings (SSSR count). The zero-order valence-electron chi connectivity index (χ0n) is 10.5. The number of benzene rings is 1. The average molecular weight is 263 g/mol. The number of carbonyl (C=O) groups excluding carboxylic acids is 1. The lowest BCUT2D eigenvalue weighted by atomic mass is 10.1. The van der Waals surface area contributed by atoms with Gasteiger partial charge in [0.15, 0.2) is 0 Å². The highest BCUT2D eigenvalue weighted by Gasteiger charge is 2.17. The van der Waals surface area contributed by atoms with E-state index in [1.165, 1.54) is 25.6 Å². The maximum atomic E-state index is 13.2. The molecular weight excluding hydrogens is 249 g/mol. The molecule has 0 aliphatic rings. The smallest absolute Gasteiger partial charge is 0.216 e. The molecule has 1 heterocycles. The molecule has 5 nitrogen and oxygen atoms in total. The Labute approximate surface area is 109 Å². The highest BCUT2D eigenvalue weighted by atomic mass is 19.1. The van der Waals surface area contributed by atoms with Crippen LogP contribution in [0.2, 0.25) is 0 Å². The molecule has 0 aliphatic heterocycles. The predicted molar refractivity (Wildman–Crippen MR) is 67.7 cm³/mol. The number of ketones is 1. The van der Waals surface area contributed by atoms with Crippen molar-refractivity contribution in [2.45, 2.75) is 6.54 Å². The maximum absolute atomic E-state index is 13.2. The standard InChI is InChI=1S/C13H14FN3O2/c1-19-12-3-2-9(14)6-10(12)13(18)11-7-17(5-4-15)8-16-11/h2-3,6-8H,4-5,15H2,1H3. The SMILES string of the molecule is COc1ccc(F)cc1C(=O)c1cn(CCN)cn1. The molecule has 19 heavy (non-hydrogen) atoms. The normalized spacial score (nSPS) is 10.5. The van der Waals surface area contributed by atoms with Gasteiger partial charge in [0, 0.05) is 19.3 Å². The number of imidazole rings is 1. The molecule has 0 radical (unpaired) electrons. The van der Waals surface area contributed by atoms with Gasteiger partial charge < -0.3 is 15.0 Å². The number of ether oxygens (including phenoxy) is 1. The Balaban J connectivity index is 2.34. The number of rotatable bonds is 5. The Morgan fingerprint density at radius 3 is 3.00 bits per heavy atom. The van der Waals surface area contributed by atoms with Gasteiger partial charge in [-0.05, 0) is 18.2 Å². The molecule has 0 spiro atoms. The lowest BCUT2D eigenvalue weighted by Gasteiger charge is -2.06. The van der Waals surface area contributed by atoms with Gasteiger partial charge in [0.05, 0.1) is 19.0 Å². The first-order valence-electron chi connectivity index (χ1n) is 5.75. The van der Waals surface area contributed by atoms with E-state index in [1.54, 1.807) is 10.8 Å². The van der Waals surface area contributed by atoms with E-state index in [2.05, 4.69) is 4.98 Å². The summed E-state index contributed by atoms with van der Waals surface area (Å²) in [5.41, 5.74) is 5.81. The van der Waals surface area contributed by atoms with Crippen LogP contribution in [0.25, 0.3) is 0 Å². The largest absolute Gasteiger partial charge is 0.496 e. The highest BCUT2D eigenvalue weighted by molar-refractivity contribution is 6.09. The van der Waals surface area contributed by atoms with Crippen molar-refractivity contribution in [2.75, 3.05) is 13.7 Å². The summed E-state index contributed by atoms with van der Waals surface area (Å²) in [6.45, 7) is 1.02. The quantitative estimate of drug-likeness (QED) is 0.823. The van der Waals surface area contributed by atoms with Crippen LogP contribution in [0, 0.1) is 5.82 Å². The Hall–Kier alpha value is -2.21. The van der Waals surface area contributed by atoms with Gasteiger partial charge in [-0.1, -0.05) is 0 Å². The van der Waals surface area contributed by atoms with Gasteiger partial charge in [-0.2, -0.15) is 0 Å². The molecule has 0 fully saturated rings. The number of halogens is 1. The van der Waals surface area contributed by atoms with Crippen LogP contribution in [-0.4, -0.2) is 29.0 Å². The zero-order valence-corrected chi connectivity index (χ0v) is 10.5. The van der Waals surface area contributed by atoms with Crippen LogP contribution in [0.15, 0.2) is 30.7 Å². The monoisotopic (exact) mass is 263 g/mol. The van der Waals surface area contributed by atoms with Gasteiger partial charge in [-0.3, -0.25) is 4.79 Å². The first-order chi connectivity index (χ1) is 9.15. The summed E-state index contributed by atoms with van der Waals surface area (Å²) in [5.74, 6) is -0.558. The average Bonchev–Trinajstić information content (AvgIpc) is 2.87. The van der Waals surface area contributed by atoms with Crippen molar-refractivity contribution in [1.82, 2.24) is 9.55 Å². The summed E-state index contributed by atoms with van der Waals surface area (Å²) >= 11 is 0. The van der Waals surface area contributed by atoms with E-state index in [1.807, 2.05) is 0 Å². The van der Waals surface area contributed by atoms with E-state index in [-0.39, 0.29) is 17.0 Å². The van der Waals surface area contributed by atoms with Crippen molar-refractivity contribution in [3.8, 4) is 5.75 Å². The van der Waals surface area contributed by atoms with E-state index in [0.29, 0.717) is 18.8 Å². The molecule has 0 bridgehead atoms. The van der Waals surface area contributed by atoms with Crippen LogP contribution in [0.4, 0.5) is 4.39 Å². The van der Waals surface area contributed by atoms with Crippen LogP contribution in [0.5, 0.6) is 5.75 Å². The van der Waals surface area contributed by atoms with Crippen LogP contribution in [-0.2, 0) is 6.54 Å². The Morgan fingerprint density at radius 2 is 2.32 bits per heavy atom. The first kappa shape index (κ1) is 13.2. The van der Waals surface area contributed by atoms with Crippen molar-refractivity contribution in [3.05, 3.63) is 47.8 Å². The summed E-state index contributed by atoms with van der Waals surface area (Å²) < 4.78 is 20.0. The van der Waals surface area contributed by atoms with Crippen molar-refractivity contribution in [1.29, 1.82) is 0 Å². The van der Waals surface area contributed by atoms with Crippen molar-refractivity contribution in [3.63, 3.8) is 0 Å². The minimum atomic E-state index is -0.495. The van der Waals surface area contributed by atoms with Gasteiger partial charge in [-0.15, -0.1) is 0 Å². The van der Waals surface area contributed by atoms with Crippen LogP contribution in [0.3, 0.4) is 0 Å². The molecule has 100 valence electrons. The molecule has 0 unspecified atom stereocenters. The summed E-state index contributed by atoms with van der Waals surface area (Å²) in [4.78, 5) is 16.2. The van der Waals surface area contributed by atoms with Crippen molar-refractivity contribution in [2.24, 2.45) is 5.73 Å². The fourth-order valence-electron chi connectivity index (χ4n) is 1.74. The second-order valence-electron chi connectivity index (χ2n) is 3.96. The third-order valence-corrected chi connectivity index (χ3v) is 2.66. The Morgan fingerprint density at radius 1 is 1.53 bits per heavy atom. The predicted octanol–water partition coefficient (Wildman–Crippen LogP) is 1.22. The minimum Gasteiger partial charge on any atom is -0.496 e. The fourth-order valence-corrected chi connectivity index (χ4v) is 1.74. The van der Waals surface area contributed by atoms with E-state index < -0.39 is 5.82 Å². The second kappa shape index (κ2) is 5.62. The van der Waals surface area contributed by atoms with Crippen molar-refractivity contribution >= 4 is 5.78 Å². The van der Waals surface area contributed by atoms with Gasteiger partial charge >= 0.3 is 0 Å². The Bertz CT molecular complexity index is 595. The van der Waals surface area contributed by atoms with Gasteiger partial charge in [0.1, 0.15) is 17.3 Å². The molecular formula is C13H14FN3O2. The molecule has 1 aromatic carbocycles. The lowest BCUT2D eigenvalue weighted by molar-refractivity contribution is 0.103. The molecule has 0 amide bonds. The van der Waals surface area contributed by atoms with Gasteiger partial charge in [-0.25, -0.2) is 9.37 Å². The molecule has 0 aliphatic carbocycles. The van der Waals surface area contributed by atoms with Crippen LogP contribution in [0.1, 0.15) is 16.1 Å². The number of carbonyl (C=O) groups is 1. The summed E-state index contributed by atoms with van der Waals surface area (Å²) in [6.07, 6.45) is 3.10. The van der Waals surface area contributed by atoms with E-state index >= 15 is 0 Å². The number of aromatic nitrogens is 2. The second-order valence-corrected chi connectivity index (χ2v) is 3.96. The third kappa shape index (κ3) is 2.79. The van der Waals surface area contributed by atoms with Gasteiger partial charge in [0.25, 0.3) is 0 Å². The molecule has 2 N–H and O–H groups in total. The molecule has 0 atom stereocenters. The molecule has 0 saturated heterocycles. The summed E-state index contributed by atoms with van der Waals surface area (Å²) in [7, 11) is 1.43. The summed E-state index contributed by atoms with van der Waals surface area (Å²) in [5, 5.41) is 0. The van der Waals surface area contributed by atoms with Crippen molar-refractivity contribution < 1.29 is 13.9 Å². The number of hydrogen-bond acceptors (Lipinski definition) is 4. The molecule has 6 heteroatoms. The van der Waals surface area contributed by atoms with E-state index in [9.17, 15) is 9.18 Å². The van der Waals surface area contributed by atoms with E-state index in [4.69, 9.17) is 10.5 Å².